The number of amides is 5. The molecule has 0 heterocycles. The topological polar surface area (TPSA) is 257 Å². The highest BCUT2D eigenvalue weighted by Gasteiger charge is 2.32. The molecule has 5 atom stereocenters. The maximum absolute atomic E-state index is 12.7. The molecule has 0 aliphatic heterocycles. The second kappa shape index (κ2) is 14.2. The number of thioether (sulfide) groups is 1. The maximum atomic E-state index is 12.7. The molecule has 0 saturated carbocycles. The van der Waals surface area contributed by atoms with E-state index in [1.54, 1.807) is 6.26 Å². The Hall–Kier alpha value is -2.91. The molecule has 0 bridgehead atoms. The minimum atomic E-state index is -1.69. The van der Waals surface area contributed by atoms with Crippen LogP contribution in [0.1, 0.15) is 26.2 Å². The first-order chi connectivity index (χ1) is 14.8. The van der Waals surface area contributed by atoms with Crippen LogP contribution in [-0.2, 0) is 28.8 Å². The molecule has 0 aromatic heterocycles. The van der Waals surface area contributed by atoms with Gasteiger partial charge in [-0.2, -0.15) is 11.8 Å². The van der Waals surface area contributed by atoms with Crippen molar-refractivity contribution < 1.29 is 39.0 Å². The van der Waals surface area contributed by atoms with Crippen LogP contribution in [0.3, 0.4) is 0 Å². The molecule has 0 rings (SSSR count). The number of carboxylic acids is 1. The highest BCUT2D eigenvalue weighted by molar-refractivity contribution is 7.98. The molecule has 0 saturated heterocycles. The number of carbonyl (C=O) groups excluding carboxylic acids is 5. The lowest BCUT2D eigenvalue weighted by Gasteiger charge is -2.25. The summed E-state index contributed by atoms with van der Waals surface area (Å²) in [4.78, 5) is 70.9. The van der Waals surface area contributed by atoms with E-state index in [-0.39, 0.29) is 6.42 Å². The molecule has 14 nitrogen and oxygen atoms in total. The van der Waals surface area contributed by atoms with Crippen LogP contribution in [0, 0.1) is 0 Å². The van der Waals surface area contributed by atoms with Gasteiger partial charge in [-0.05, 0) is 25.4 Å². The smallest absolute Gasteiger partial charge is 0.326 e. The Balaban J connectivity index is 5.51. The van der Waals surface area contributed by atoms with Gasteiger partial charge in [-0.25, -0.2) is 4.79 Å². The Kier molecular flexibility index (Phi) is 12.9. The van der Waals surface area contributed by atoms with Gasteiger partial charge in [0.15, 0.2) is 0 Å². The van der Waals surface area contributed by atoms with Crippen molar-refractivity contribution in [2.75, 3.05) is 12.0 Å². The molecule has 182 valence electrons. The minimum absolute atomic E-state index is 0.121. The fourth-order valence-corrected chi connectivity index (χ4v) is 2.82. The maximum Gasteiger partial charge on any atom is 0.326 e. The standard InChI is InChI=1S/C17H30N6O8S/c1-7(24)13(20)16(29)21-8(3-4-32-2)14(27)22-9(5-11(18)25)15(28)23-10(17(30)31)6-12(19)26/h7-10,13,24H,3-6,20H2,1-2H3,(H2,18,25)(H2,19,26)(H,21,29)(H,22,27)(H,23,28)(H,30,31). The van der Waals surface area contributed by atoms with Gasteiger partial charge in [-0.3, -0.25) is 24.0 Å². The Labute approximate surface area is 188 Å². The van der Waals surface area contributed by atoms with E-state index in [0.29, 0.717) is 5.75 Å². The Morgan fingerprint density at radius 2 is 1.28 bits per heavy atom. The predicted molar refractivity (Wildman–Crippen MR) is 114 cm³/mol. The summed E-state index contributed by atoms with van der Waals surface area (Å²) in [5.41, 5.74) is 15.6. The first-order valence-corrected chi connectivity index (χ1v) is 10.8. The van der Waals surface area contributed by atoms with Crippen LogP contribution in [0.4, 0.5) is 0 Å². The highest BCUT2D eigenvalue weighted by Crippen LogP contribution is 2.05. The van der Waals surface area contributed by atoms with Crippen LogP contribution in [0.2, 0.25) is 0 Å². The number of nitrogens with one attached hydrogen (secondary N) is 3. The first kappa shape index (κ1) is 29.1. The van der Waals surface area contributed by atoms with Gasteiger partial charge in [0.2, 0.25) is 29.5 Å². The largest absolute Gasteiger partial charge is 0.480 e. The van der Waals surface area contributed by atoms with Gasteiger partial charge < -0.3 is 43.4 Å². The van der Waals surface area contributed by atoms with Crippen molar-refractivity contribution in [1.82, 2.24) is 16.0 Å². The van der Waals surface area contributed by atoms with Gasteiger partial charge in [0.1, 0.15) is 24.2 Å². The number of hydrogen-bond acceptors (Lipinski definition) is 9. The SMILES string of the molecule is CSCCC(NC(=O)C(N)C(C)O)C(=O)NC(CC(N)=O)C(=O)NC(CC(N)=O)C(=O)O. The molecule has 0 aliphatic rings. The van der Waals surface area contributed by atoms with E-state index in [9.17, 15) is 33.9 Å². The van der Waals surface area contributed by atoms with Crippen molar-refractivity contribution in [3.8, 4) is 0 Å². The van der Waals surface area contributed by atoms with E-state index in [0.717, 1.165) is 0 Å². The number of aliphatic hydroxyl groups is 1. The van der Waals surface area contributed by atoms with E-state index in [2.05, 4.69) is 10.6 Å². The molecule has 15 heteroatoms. The van der Waals surface area contributed by atoms with Gasteiger partial charge in [-0.1, -0.05) is 0 Å². The zero-order valence-electron chi connectivity index (χ0n) is 17.7. The van der Waals surface area contributed by atoms with Gasteiger partial charge >= 0.3 is 5.97 Å². The third-order valence-corrected chi connectivity index (χ3v) is 4.77. The second-order valence-corrected chi connectivity index (χ2v) is 7.90. The van der Waals surface area contributed by atoms with Crippen molar-refractivity contribution in [2.24, 2.45) is 17.2 Å². The van der Waals surface area contributed by atoms with Crippen molar-refractivity contribution >= 4 is 47.3 Å². The zero-order valence-corrected chi connectivity index (χ0v) is 18.5. The quantitative estimate of drug-likeness (QED) is 0.112. The first-order valence-electron chi connectivity index (χ1n) is 9.43. The molecule has 0 aromatic rings. The summed E-state index contributed by atoms with van der Waals surface area (Å²) in [6.07, 6.45) is -0.716. The summed E-state index contributed by atoms with van der Waals surface area (Å²) in [7, 11) is 0. The lowest BCUT2D eigenvalue weighted by molar-refractivity contribution is -0.144. The normalized spacial score (nSPS) is 15.4. The van der Waals surface area contributed by atoms with E-state index < -0.39 is 78.6 Å². The predicted octanol–water partition coefficient (Wildman–Crippen LogP) is -4.26. The van der Waals surface area contributed by atoms with Crippen molar-refractivity contribution in [3.63, 3.8) is 0 Å². The Morgan fingerprint density at radius 1 is 0.844 bits per heavy atom. The third kappa shape index (κ3) is 10.9. The Bertz CT molecular complexity index is 719. The number of nitrogens with two attached hydrogens (primary N) is 3. The molecule has 32 heavy (non-hydrogen) atoms. The van der Waals surface area contributed by atoms with E-state index in [1.807, 2.05) is 5.32 Å². The highest BCUT2D eigenvalue weighted by atomic mass is 32.2. The molecule has 0 aromatic carbocycles. The number of carbonyl (C=O) groups is 6. The van der Waals surface area contributed by atoms with Crippen molar-refractivity contribution in [2.45, 2.75) is 56.5 Å². The van der Waals surface area contributed by atoms with E-state index in [1.165, 1.54) is 18.7 Å². The lowest BCUT2D eigenvalue weighted by Crippen LogP contribution is -2.58. The Morgan fingerprint density at radius 3 is 1.72 bits per heavy atom. The molecule has 0 radical (unpaired) electrons. The summed E-state index contributed by atoms with van der Waals surface area (Å²) in [5, 5.41) is 25.2. The second-order valence-electron chi connectivity index (χ2n) is 6.91. The molecular formula is C17H30N6O8S. The van der Waals surface area contributed by atoms with Crippen LogP contribution < -0.4 is 33.2 Å². The van der Waals surface area contributed by atoms with Crippen LogP contribution in [0.25, 0.3) is 0 Å². The number of rotatable bonds is 15. The molecule has 0 aliphatic carbocycles. The monoisotopic (exact) mass is 478 g/mol. The third-order valence-electron chi connectivity index (χ3n) is 4.12. The van der Waals surface area contributed by atoms with Gasteiger partial charge in [0.05, 0.1) is 18.9 Å². The average molecular weight is 479 g/mol. The average Bonchev–Trinajstić information content (AvgIpc) is 2.68. The van der Waals surface area contributed by atoms with Gasteiger partial charge in [0, 0.05) is 0 Å². The number of carboxylic acid groups (broad SMARTS) is 1. The summed E-state index contributed by atoms with van der Waals surface area (Å²) in [5.74, 6) is -5.89. The molecule has 5 unspecified atom stereocenters. The summed E-state index contributed by atoms with van der Waals surface area (Å²) >= 11 is 1.37. The number of aliphatic hydroxyl groups excluding tert-OH is 1. The molecular weight excluding hydrogens is 448 g/mol. The summed E-state index contributed by atoms with van der Waals surface area (Å²) in [6, 6.07) is -5.77. The number of aliphatic carboxylic acids is 1. The minimum Gasteiger partial charge on any atom is -0.480 e. The van der Waals surface area contributed by atoms with Gasteiger partial charge in [0.25, 0.3) is 0 Å². The van der Waals surface area contributed by atoms with E-state index in [4.69, 9.17) is 22.3 Å². The number of primary amides is 2. The summed E-state index contributed by atoms with van der Waals surface area (Å²) in [6.45, 7) is 1.29. The van der Waals surface area contributed by atoms with Crippen molar-refractivity contribution in [1.29, 1.82) is 0 Å². The summed E-state index contributed by atoms with van der Waals surface area (Å²) < 4.78 is 0. The van der Waals surface area contributed by atoms with Crippen LogP contribution in [0.5, 0.6) is 0 Å². The fourth-order valence-electron chi connectivity index (χ4n) is 2.35. The molecule has 11 N–H and O–H groups in total. The molecule has 0 fully saturated rings. The lowest BCUT2D eigenvalue weighted by atomic mass is 10.1. The zero-order chi connectivity index (χ0) is 25.0. The van der Waals surface area contributed by atoms with Crippen LogP contribution in [-0.4, -0.2) is 88.0 Å². The fraction of sp³-hybridized carbons (Fsp3) is 0.647. The van der Waals surface area contributed by atoms with Crippen LogP contribution in [0.15, 0.2) is 0 Å². The van der Waals surface area contributed by atoms with Crippen LogP contribution >= 0.6 is 11.8 Å². The van der Waals surface area contributed by atoms with Crippen molar-refractivity contribution in [3.05, 3.63) is 0 Å². The van der Waals surface area contributed by atoms with Gasteiger partial charge in [-0.15, -0.1) is 0 Å². The molecule has 0 spiro atoms. The number of hydrogen-bond donors (Lipinski definition) is 8. The van der Waals surface area contributed by atoms with E-state index >= 15 is 0 Å². The molecule has 5 amide bonds.